The maximum atomic E-state index is 8.96. The molecule has 0 unspecified atom stereocenters. The molecular formula is C18H14N2S. The Balaban J connectivity index is 1.83. The van der Waals surface area contributed by atoms with Gasteiger partial charge in [-0.1, -0.05) is 42.0 Å². The predicted octanol–water partition coefficient (Wildman–Crippen LogP) is 4.58. The molecule has 0 bridgehead atoms. The van der Waals surface area contributed by atoms with Gasteiger partial charge in [0.1, 0.15) is 0 Å². The number of hydrogen-bond donors (Lipinski definition) is 0. The van der Waals surface area contributed by atoms with E-state index in [1.54, 1.807) is 11.3 Å². The van der Waals surface area contributed by atoms with Gasteiger partial charge in [-0.2, -0.15) is 5.26 Å². The van der Waals surface area contributed by atoms with Crippen molar-refractivity contribution in [3.8, 4) is 17.3 Å². The molecule has 2 nitrogen and oxygen atoms in total. The fourth-order valence-corrected chi connectivity index (χ4v) is 2.99. The van der Waals surface area contributed by atoms with Crippen molar-refractivity contribution in [2.24, 2.45) is 0 Å². The number of thiazole rings is 1. The molecule has 0 atom stereocenters. The van der Waals surface area contributed by atoms with Gasteiger partial charge < -0.3 is 0 Å². The zero-order chi connectivity index (χ0) is 14.7. The molecule has 0 amide bonds. The molecule has 102 valence electrons. The van der Waals surface area contributed by atoms with E-state index < -0.39 is 0 Å². The van der Waals surface area contributed by atoms with E-state index in [4.69, 9.17) is 5.26 Å². The van der Waals surface area contributed by atoms with Crippen molar-refractivity contribution >= 4 is 11.3 Å². The third kappa shape index (κ3) is 3.18. The molecule has 0 saturated carbocycles. The fraction of sp³-hybridized carbons (Fsp3) is 0.111. The Labute approximate surface area is 128 Å². The first-order valence-corrected chi connectivity index (χ1v) is 7.63. The van der Waals surface area contributed by atoms with Crippen molar-refractivity contribution in [2.75, 3.05) is 0 Å². The molecule has 21 heavy (non-hydrogen) atoms. The lowest BCUT2D eigenvalue weighted by atomic mass is 10.1. The van der Waals surface area contributed by atoms with Gasteiger partial charge in [0.05, 0.1) is 22.3 Å². The van der Waals surface area contributed by atoms with Crippen LogP contribution in [0.2, 0.25) is 0 Å². The normalized spacial score (nSPS) is 10.3. The summed E-state index contributed by atoms with van der Waals surface area (Å²) in [6.45, 7) is 2.09. The van der Waals surface area contributed by atoms with Gasteiger partial charge in [0.15, 0.2) is 0 Å². The Morgan fingerprint density at radius 1 is 1.14 bits per heavy atom. The van der Waals surface area contributed by atoms with Crippen LogP contribution < -0.4 is 0 Å². The van der Waals surface area contributed by atoms with E-state index in [1.165, 1.54) is 11.1 Å². The van der Waals surface area contributed by atoms with E-state index in [0.29, 0.717) is 5.56 Å². The number of nitrogens with zero attached hydrogens (tertiary/aromatic N) is 2. The maximum absolute atomic E-state index is 8.96. The summed E-state index contributed by atoms with van der Waals surface area (Å²) in [5.41, 5.74) is 5.15. The van der Waals surface area contributed by atoms with Gasteiger partial charge in [-0.05, 0) is 24.6 Å². The third-order valence-corrected chi connectivity index (χ3v) is 4.16. The van der Waals surface area contributed by atoms with Gasteiger partial charge >= 0.3 is 0 Å². The highest BCUT2D eigenvalue weighted by molar-refractivity contribution is 7.10. The second-order valence-corrected chi connectivity index (χ2v) is 5.92. The molecule has 0 aliphatic carbocycles. The van der Waals surface area contributed by atoms with Gasteiger partial charge in [-0.3, -0.25) is 0 Å². The van der Waals surface area contributed by atoms with Crippen molar-refractivity contribution in [1.29, 1.82) is 5.26 Å². The first-order valence-electron chi connectivity index (χ1n) is 6.75. The van der Waals surface area contributed by atoms with Crippen LogP contribution in [0.1, 0.15) is 21.7 Å². The van der Waals surface area contributed by atoms with Crippen molar-refractivity contribution in [2.45, 2.75) is 13.3 Å². The van der Waals surface area contributed by atoms with Crippen LogP contribution in [0, 0.1) is 18.3 Å². The molecule has 0 aliphatic rings. The Morgan fingerprint density at radius 2 is 1.95 bits per heavy atom. The highest BCUT2D eigenvalue weighted by Gasteiger charge is 2.06. The molecule has 3 heteroatoms. The summed E-state index contributed by atoms with van der Waals surface area (Å²) in [7, 11) is 0. The number of nitriles is 1. The second kappa shape index (κ2) is 5.90. The van der Waals surface area contributed by atoms with Crippen LogP contribution in [0.25, 0.3) is 11.3 Å². The Bertz CT molecular complexity index is 795. The molecule has 3 aromatic rings. The molecule has 0 N–H and O–H groups in total. The molecule has 0 saturated heterocycles. The zero-order valence-corrected chi connectivity index (χ0v) is 12.5. The van der Waals surface area contributed by atoms with E-state index in [2.05, 4.69) is 47.6 Å². The quantitative estimate of drug-likeness (QED) is 0.708. The van der Waals surface area contributed by atoms with E-state index in [0.717, 1.165) is 22.7 Å². The van der Waals surface area contributed by atoms with Crippen LogP contribution in [0.3, 0.4) is 0 Å². The Hall–Kier alpha value is -2.44. The average molecular weight is 290 g/mol. The number of aryl methyl sites for hydroxylation is 1. The SMILES string of the molecule is Cc1ccc(Cc2nc(-c3cccc(C#N)c3)cs2)cc1. The topological polar surface area (TPSA) is 36.7 Å². The van der Waals surface area contributed by atoms with E-state index in [1.807, 2.05) is 24.3 Å². The number of benzene rings is 2. The van der Waals surface area contributed by atoms with Crippen LogP contribution in [0.15, 0.2) is 53.9 Å². The van der Waals surface area contributed by atoms with Crippen LogP contribution >= 0.6 is 11.3 Å². The molecule has 0 fully saturated rings. The zero-order valence-electron chi connectivity index (χ0n) is 11.7. The lowest BCUT2D eigenvalue weighted by molar-refractivity contribution is 1.14. The van der Waals surface area contributed by atoms with Gasteiger partial charge in [0.25, 0.3) is 0 Å². The molecule has 1 aromatic heterocycles. The van der Waals surface area contributed by atoms with Crippen molar-refractivity contribution < 1.29 is 0 Å². The minimum Gasteiger partial charge on any atom is -0.241 e. The smallest absolute Gasteiger partial charge is 0.0991 e. The summed E-state index contributed by atoms with van der Waals surface area (Å²) in [5.74, 6) is 0. The van der Waals surface area contributed by atoms with Gasteiger partial charge in [0, 0.05) is 17.4 Å². The first kappa shape index (κ1) is 13.5. The van der Waals surface area contributed by atoms with Gasteiger partial charge in [-0.15, -0.1) is 11.3 Å². The largest absolute Gasteiger partial charge is 0.241 e. The van der Waals surface area contributed by atoms with Crippen LogP contribution in [-0.4, -0.2) is 4.98 Å². The predicted molar refractivity (Wildman–Crippen MR) is 86.3 cm³/mol. The summed E-state index contributed by atoms with van der Waals surface area (Å²) in [4.78, 5) is 4.68. The average Bonchev–Trinajstić information content (AvgIpc) is 2.98. The van der Waals surface area contributed by atoms with Crippen LogP contribution in [-0.2, 0) is 6.42 Å². The molecule has 3 rings (SSSR count). The number of hydrogen-bond acceptors (Lipinski definition) is 3. The molecule has 0 radical (unpaired) electrons. The molecule has 0 spiro atoms. The van der Waals surface area contributed by atoms with Crippen molar-refractivity contribution in [1.82, 2.24) is 4.98 Å². The minimum absolute atomic E-state index is 0.667. The lowest BCUT2D eigenvalue weighted by Crippen LogP contribution is -1.88. The molecule has 2 aromatic carbocycles. The second-order valence-electron chi connectivity index (χ2n) is 4.98. The number of rotatable bonds is 3. The van der Waals surface area contributed by atoms with Gasteiger partial charge in [-0.25, -0.2) is 4.98 Å². The minimum atomic E-state index is 0.667. The lowest BCUT2D eigenvalue weighted by Gasteiger charge is -1.99. The number of aromatic nitrogens is 1. The highest BCUT2D eigenvalue weighted by Crippen LogP contribution is 2.24. The third-order valence-electron chi connectivity index (χ3n) is 3.32. The van der Waals surface area contributed by atoms with Crippen LogP contribution in [0.4, 0.5) is 0 Å². The summed E-state index contributed by atoms with van der Waals surface area (Å²) in [5, 5.41) is 12.1. The van der Waals surface area contributed by atoms with Crippen molar-refractivity contribution in [3.05, 3.63) is 75.6 Å². The Morgan fingerprint density at radius 3 is 2.71 bits per heavy atom. The standard InChI is InChI=1S/C18H14N2S/c1-13-5-7-14(8-6-13)10-18-20-17(12-21-18)16-4-2-3-15(9-16)11-19/h2-9,12H,10H2,1H3. The maximum Gasteiger partial charge on any atom is 0.0991 e. The fourth-order valence-electron chi connectivity index (χ4n) is 2.15. The first-order chi connectivity index (χ1) is 10.2. The van der Waals surface area contributed by atoms with Crippen LogP contribution in [0.5, 0.6) is 0 Å². The Kier molecular flexibility index (Phi) is 3.81. The molecule has 1 heterocycles. The summed E-state index contributed by atoms with van der Waals surface area (Å²) >= 11 is 1.66. The summed E-state index contributed by atoms with van der Waals surface area (Å²) < 4.78 is 0. The summed E-state index contributed by atoms with van der Waals surface area (Å²) in [6, 6.07) is 18.3. The molecular weight excluding hydrogens is 276 g/mol. The van der Waals surface area contributed by atoms with Gasteiger partial charge in [0.2, 0.25) is 0 Å². The van der Waals surface area contributed by atoms with E-state index >= 15 is 0 Å². The van der Waals surface area contributed by atoms with Crippen molar-refractivity contribution in [3.63, 3.8) is 0 Å². The highest BCUT2D eigenvalue weighted by atomic mass is 32.1. The van der Waals surface area contributed by atoms with E-state index in [-0.39, 0.29) is 0 Å². The van der Waals surface area contributed by atoms with E-state index in [9.17, 15) is 0 Å². The monoisotopic (exact) mass is 290 g/mol. The molecule has 0 aliphatic heterocycles. The summed E-state index contributed by atoms with van der Waals surface area (Å²) in [6.07, 6.45) is 0.850.